The average molecular weight is 410 g/mol. The van der Waals surface area contributed by atoms with Gasteiger partial charge in [0.1, 0.15) is 24.1 Å². The van der Waals surface area contributed by atoms with Crippen LogP contribution in [-0.2, 0) is 16.0 Å². The van der Waals surface area contributed by atoms with Gasteiger partial charge in [0, 0.05) is 11.1 Å². The Morgan fingerprint density at radius 3 is 3.07 bits per heavy atom. The number of halogens is 1. The predicted octanol–water partition coefficient (Wildman–Crippen LogP) is 1.59. The molecule has 27 heavy (non-hydrogen) atoms. The van der Waals surface area contributed by atoms with E-state index in [1.807, 2.05) is 0 Å². The van der Waals surface area contributed by atoms with Crippen molar-refractivity contribution in [3.63, 3.8) is 0 Å². The van der Waals surface area contributed by atoms with Crippen molar-refractivity contribution in [3.8, 4) is 6.01 Å². The number of nitrogens with one attached hydrogen (secondary N) is 2. The molecule has 3 aromatic heterocycles. The predicted molar refractivity (Wildman–Crippen MR) is 98.2 cm³/mol. The van der Waals surface area contributed by atoms with Crippen LogP contribution < -0.4 is 10.1 Å². The molecule has 0 spiro atoms. The molecular formula is C16H16ClN5O4S. The molecule has 2 saturated heterocycles. The number of thiazole rings is 1. The molecule has 0 bridgehead atoms. The third-order valence-electron chi connectivity index (χ3n) is 4.56. The van der Waals surface area contributed by atoms with E-state index in [-0.39, 0.29) is 24.9 Å². The zero-order valence-corrected chi connectivity index (χ0v) is 15.5. The van der Waals surface area contributed by atoms with E-state index in [1.54, 1.807) is 29.1 Å². The van der Waals surface area contributed by atoms with E-state index in [4.69, 9.17) is 25.8 Å². The molecule has 3 N–H and O–H groups in total. The van der Waals surface area contributed by atoms with Crippen LogP contribution in [0.15, 0.2) is 17.8 Å². The van der Waals surface area contributed by atoms with Crippen LogP contribution in [0.3, 0.4) is 0 Å². The van der Waals surface area contributed by atoms with Crippen LogP contribution >= 0.6 is 22.9 Å². The third-order valence-corrected chi connectivity index (χ3v) is 5.63. The highest BCUT2D eigenvalue weighted by Gasteiger charge is 2.48. The second-order valence-corrected chi connectivity index (χ2v) is 7.75. The Kier molecular flexibility index (Phi) is 4.37. The summed E-state index contributed by atoms with van der Waals surface area (Å²) in [4.78, 5) is 17.0. The fourth-order valence-corrected chi connectivity index (χ4v) is 4.02. The van der Waals surface area contributed by atoms with Crippen molar-refractivity contribution < 1.29 is 19.3 Å². The van der Waals surface area contributed by atoms with Crippen molar-refractivity contribution >= 4 is 39.9 Å². The number of imidazole rings is 1. The van der Waals surface area contributed by atoms with E-state index >= 15 is 0 Å². The molecular weight excluding hydrogens is 394 g/mol. The first kappa shape index (κ1) is 17.1. The van der Waals surface area contributed by atoms with Gasteiger partial charge in [-0.1, -0.05) is 11.6 Å². The molecule has 11 heteroatoms. The maximum Gasteiger partial charge on any atom is 0.296 e. The number of nitrogens with zero attached hydrogens (tertiary/aromatic N) is 3. The van der Waals surface area contributed by atoms with Crippen molar-refractivity contribution in [1.29, 1.82) is 0 Å². The lowest BCUT2D eigenvalue weighted by atomic mass is 10.1. The Balaban J connectivity index is 1.33. The fraction of sp³-hybridized carbons (Fsp3) is 0.438. The van der Waals surface area contributed by atoms with Gasteiger partial charge < -0.3 is 29.6 Å². The van der Waals surface area contributed by atoms with Crippen LogP contribution in [0.2, 0.25) is 5.02 Å². The summed E-state index contributed by atoms with van der Waals surface area (Å²) >= 11 is 7.87. The minimum atomic E-state index is -0.619. The minimum Gasteiger partial charge on any atom is -0.456 e. The summed E-state index contributed by atoms with van der Waals surface area (Å²) in [5.41, 5.74) is 2.93. The van der Waals surface area contributed by atoms with E-state index in [0.29, 0.717) is 41.2 Å². The monoisotopic (exact) mass is 409 g/mol. The van der Waals surface area contributed by atoms with Crippen LogP contribution in [0.1, 0.15) is 4.88 Å². The molecule has 5 heterocycles. The lowest BCUT2D eigenvalue weighted by Gasteiger charge is -2.15. The molecule has 0 radical (unpaired) electrons. The summed E-state index contributed by atoms with van der Waals surface area (Å²) in [5, 5.41) is 13.5. The van der Waals surface area contributed by atoms with Crippen LogP contribution in [-0.4, -0.2) is 62.7 Å². The molecule has 2 fully saturated rings. The maximum absolute atomic E-state index is 9.81. The van der Waals surface area contributed by atoms with Crippen LogP contribution in [0.25, 0.3) is 11.2 Å². The number of aromatic nitrogens is 4. The normalized spacial score (nSPS) is 27.2. The topological polar surface area (TPSA) is 114 Å². The van der Waals surface area contributed by atoms with Crippen molar-refractivity contribution in [3.05, 3.63) is 27.7 Å². The number of H-pyrrole nitrogens is 1. The fourth-order valence-electron chi connectivity index (χ4n) is 3.26. The van der Waals surface area contributed by atoms with E-state index < -0.39 is 6.10 Å². The summed E-state index contributed by atoms with van der Waals surface area (Å²) in [5.74, 6) is 0.544. The number of hydrogen-bond acceptors (Lipinski definition) is 9. The van der Waals surface area contributed by atoms with Crippen molar-refractivity contribution in [2.24, 2.45) is 0 Å². The van der Waals surface area contributed by atoms with Gasteiger partial charge >= 0.3 is 0 Å². The van der Waals surface area contributed by atoms with E-state index in [0.717, 1.165) is 4.88 Å². The number of pyridine rings is 1. The van der Waals surface area contributed by atoms with Crippen LogP contribution in [0.5, 0.6) is 6.01 Å². The summed E-state index contributed by atoms with van der Waals surface area (Å²) in [7, 11) is 0. The Morgan fingerprint density at radius 1 is 1.33 bits per heavy atom. The van der Waals surface area contributed by atoms with Gasteiger partial charge in [0.15, 0.2) is 11.8 Å². The minimum absolute atomic E-state index is 0.251. The number of anilines is 1. The van der Waals surface area contributed by atoms with Gasteiger partial charge in [-0.05, 0) is 6.07 Å². The van der Waals surface area contributed by atoms with Crippen molar-refractivity contribution in [2.45, 2.75) is 31.0 Å². The van der Waals surface area contributed by atoms with Gasteiger partial charge in [-0.3, -0.25) is 4.98 Å². The van der Waals surface area contributed by atoms with Crippen LogP contribution in [0, 0.1) is 0 Å². The highest BCUT2D eigenvalue weighted by Crippen LogP contribution is 2.30. The van der Waals surface area contributed by atoms with Gasteiger partial charge in [0.25, 0.3) is 6.01 Å². The lowest BCUT2D eigenvalue weighted by Crippen LogP contribution is -2.34. The molecule has 9 nitrogen and oxygen atoms in total. The standard InChI is InChI=1S/C16H16ClN5O4S/c17-8-1-9-15(21-14(8)19-3-7-2-18-6-27-7)22-16(20-9)26-11-5-25-12-10(23)4-24-13(11)12/h1-2,6,10-13,23H,3-5H2,(H2,19,20,21,22)/t10-,11-,12-,13-/m1/s1. The van der Waals surface area contributed by atoms with Crippen molar-refractivity contribution in [2.75, 3.05) is 18.5 Å². The number of aromatic amines is 1. The summed E-state index contributed by atoms with van der Waals surface area (Å²) in [6.45, 7) is 1.17. The van der Waals surface area contributed by atoms with Gasteiger partial charge in [-0.15, -0.1) is 11.3 Å². The molecule has 4 atom stereocenters. The second-order valence-electron chi connectivity index (χ2n) is 6.37. The number of aliphatic hydroxyl groups is 1. The first-order chi connectivity index (χ1) is 13.2. The number of rotatable bonds is 5. The van der Waals surface area contributed by atoms with Crippen molar-refractivity contribution in [1.82, 2.24) is 19.9 Å². The molecule has 0 aliphatic carbocycles. The average Bonchev–Trinajstić information content (AvgIpc) is 3.41. The zero-order valence-electron chi connectivity index (χ0n) is 14.0. The quantitative estimate of drug-likeness (QED) is 0.582. The highest BCUT2D eigenvalue weighted by atomic mass is 35.5. The Morgan fingerprint density at radius 2 is 2.22 bits per heavy atom. The largest absolute Gasteiger partial charge is 0.456 e. The number of fused-ring (bicyclic) bond motifs is 2. The second kappa shape index (κ2) is 6.88. The van der Waals surface area contributed by atoms with E-state index in [1.165, 1.54) is 0 Å². The highest BCUT2D eigenvalue weighted by molar-refractivity contribution is 7.09. The third kappa shape index (κ3) is 3.23. The SMILES string of the molecule is O[C@@H]1CO[C@H]2[C@@H]1OC[C@H]2Oc1nc2nc(NCc3cncs3)c(Cl)cc2[nH]1. The van der Waals surface area contributed by atoms with Gasteiger partial charge in [-0.2, -0.15) is 4.98 Å². The molecule has 0 unspecified atom stereocenters. The van der Waals surface area contributed by atoms with Gasteiger partial charge in [0.05, 0.1) is 35.8 Å². The van der Waals surface area contributed by atoms with E-state index in [9.17, 15) is 5.11 Å². The molecule has 0 saturated carbocycles. The summed E-state index contributed by atoms with van der Waals surface area (Å²) in [6, 6.07) is 2.06. The van der Waals surface area contributed by atoms with E-state index in [2.05, 4.69) is 25.3 Å². The Hall–Kier alpha value is -1.98. The summed E-state index contributed by atoms with van der Waals surface area (Å²) < 4.78 is 17.0. The molecule has 2 aliphatic rings. The zero-order chi connectivity index (χ0) is 18.4. The first-order valence-electron chi connectivity index (χ1n) is 8.43. The molecule has 2 aliphatic heterocycles. The Labute approximate surface area is 162 Å². The maximum atomic E-state index is 9.81. The number of aliphatic hydroxyl groups excluding tert-OH is 1. The molecule has 0 amide bonds. The van der Waals surface area contributed by atoms with Crippen LogP contribution in [0.4, 0.5) is 5.82 Å². The smallest absolute Gasteiger partial charge is 0.296 e. The molecule has 3 aromatic rings. The molecule has 5 rings (SSSR count). The van der Waals surface area contributed by atoms with Gasteiger partial charge in [-0.25, -0.2) is 4.98 Å². The molecule has 0 aromatic carbocycles. The first-order valence-corrected chi connectivity index (χ1v) is 9.68. The summed E-state index contributed by atoms with van der Waals surface area (Å²) in [6.07, 6.45) is 0.179. The lowest BCUT2D eigenvalue weighted by molar-refractivity contribution is 0.00706. The number of ether oxygens (including phenoxy) is 3. The molecule has 142 valence electrons. The Bertz CT molecular complexity index is 952. The number of hydrogen-bond donors (Lipinski definition) is 3. The van der Waals surface area contributed by atoms with Gasteiger partial charge in [0.2, 0.25) is 0 Å².